The molecule has 0 aliphatic carbocycles. The summed E-state index contributed by atoms with van der Waals surface area (Å²) in [6.07, 6.45) is 0.848. The van der Waals surface area contributed by atoms with Crippen molar-refractivity contribution >= 4 is 23.4 Å². The molecule has 0 saturated carbocycles. The average Bonchev–Trinajstić information content (AvgIpc) is 2.34. The van der Waals surface area contributed by atoms with E-state index in [-0.39, 0.29) is 18.2 Å². The summed E-state index contributed by atoms with van der Waals surface area (Å²) in [5.41, 5.74) is 5.47. The van der Waals surface area contributed by atoms with E-state index in [1.54, 1.807) is 12.1 Å². The van der Waals surface area contributed by atoms with Crippen LogP contribution in [-0.4, -0.2) is 18.4 Å². The molecule has 0 atom stereocenters. The molecule has 0 radical (unpaired) electrons. The fourth-order valence-electron chi connectivity index (χ4n) is 1.41. The van der Waals surface area contributed by atoms with Crippen LogP contribution in [0.15, 0.2) is 18.2 Å². The Balaban J connectivity index is 2.23. The van der Waals surface area contributed by atoms with Gasteiger partial charge in [-0.1, -0.05) is 11.6 Å². The molecule has 1 rings (SSSR count). The Morgan fingerprint density at radius 3 is 2.68 bits per heavy atom. The summed E-state index contributed by atoms with van der Waals surface area (Å²) in [5.74, 6) is 0.208. The van der Waals surface area contributed by atoms with Crippen LogP contribution in [0, 0.1) is 6.92 Å². The minimum absolute atomic E-state index is 0.244. The molecule has 0 spiro atoms. The van der Waals surface area contributed by atoms with Crippen molar-refractivity contribution in [3.05, 3.63) is 28.8 Å². The SMILES string of the molecule is CC(=O)NNC(=O)CCCOc1ccc(Cl)cc1C. The number of carbonyl (C=O) groups is 2. The maximum atomic E-state index is 11.3. The van der Waals surface area contributed by atoms with Gasteiger partial charge in [0.05, 0.1) is 6.61 Å². The van der Waals surface area contributed by atoms with Crippen LogP contribution in [-0.2, 0) is 9.59 Å². The first-order valence-electron chi connectivity index (χ1n) is 5.93. The molecule has 0 unspecified atom stereocenters. The lowest BCUT2D eigenvalue weighted by molar-refractivity contribution is -0.127. The monoisotopic (exact) mass is 284 g/mol. The number of carbonyl (C=O) groups excluding carboxylic acids is 2. The van der Waals surface area contributed by atoms with Crippen molar-refractivity contribution < 1.29 is 14.3 Å². The van der Waals surface area contributed by atoms with E-state index in [2.05, 4.69) is 10.9 Å². The Bertz CT molecular complexity index is 463. The van der Waals surface area contributed by atoms with Crippen molar-refractivity contribution in [1.82, 2.24) is 10.9 Å². The predicted molar refractivity (Wildman–Crippen MR) is 72.9 cm³/mol. The van der Waals surface area contributed by atoms with Crippen molar-refractivity contribution in [2.45, 2.75) is 26.7 Å². The number of benzene rings is 1. The molecule has 6 heteroatoms. The molecule has 2 amide bonds. The van der Waals surface area contributed by atoms with Crippen LogP contribution in [0.3, 0.4) is 0 Å². The normalized spacial score (nSPS) is 9.84. The molecule has 2 N–H and O–H groups in total. The number of hydrogen-bond acceptors (Lipinski definition) is 3. The summed E-state index contributed by atoms with van der Waals surface area (Å²) < 4.78 is 5.54. The number of hydrazine groups is 1. The Hall–Kier alpha value is -1.75. The number of hydrogen-bond donors (Lipinski definition) is 2. The quantitative estimate of drug-likeness (QED) is 0.642. The molecule has 1 aromatic rings. The van der Waals surface area contributed by atoms with Gasteiger partial charge in [-0.15, -0.1) is 0 Å². The molecule has 0 saturated heterocycles. The van der Waals surface area contributed by atoms with Gasteiger partial charge in [0.25, 0.3) is 0 Å². The second-order valence-electron chi connectivity index (χ2n) is 4.09. The number of aryl methyl sites for hydroxylation is 1. The molecule has 0 aliphatic rings. The molecule has 104 valence electrons. The van der Waals surface area contributed by atoms with E-state index in [0.29, 0.717) is 18.1 Å². The molecule has 0 heterocycles. The van der Waals surface area contributed by atoms with Gasteiger partial charge in [-0.25, -0.2) is 0 Å². The van der Waals surface area contributed by atoms with Gasteiger partial charge in [-0.3, -0.25) is 20.4 Å². The van der Waals surface area contributed by atoms with E-state index in [9.17, 15) is 9.59 Å². The van der Waals surface area contributed by atoms with E-state index in [1.807, 2.05) is 13.0 Å². The van der Waals surface area contributed by atoms with Gasteiger partial charge in [0.1, 0.15) is 5.75 Å². The molecule has 5 nitrogen and oxygen atoms in total. The molecule has 0 aliphatic heterocycles. The second kappa shape index (κ2) is 7.63. The molecular weight excluding hydrogens is 268 g/mol. The molecule has 0 aromatic heterocycles. The lowest BCUT2D eigenvalue weighted by atomic mass is 10.2. The minimum Gasteiger partial charge on any atom is -0.493 e. The smallest absolute Gasteiger partial charge is 0.238 e. The maximum absolute atomic E-state index is 11.3. The minimum atomic E-state index is -0.304. The van der Waals surface area contributed by atoms with Crippen molar-refractivity contribution in [2.75, 3.05) is 6.61 Å². The summed E-state index contributed by atoms with van der Waals surface area (Å²) in [5, 5.41) is 0.666. The Kier molecular flexibility index (Phi) is 6.15. The van der Waals surface area contributed by atoms with E-state index in [1.165, 1.54) is 6.92 Å². The number of amides is 2. The third kappa shape index (κ3) is 6.10. The van der Waals surface area contributed by atoms with Crippen LogP contribution in [0.4, 0.5) is 0 Å². The average molecular weight is 285 g/mol. The third-order valence-corrected chi connectivity index (χ3v) is 2.56. The van der Waals surface area contributed by atoms with E-state index in [0.717, 1.165) is 11.3 Å². The number of halogens is 1. The molecular formula is C13H17ClN2O3. The topological polar surface area (TPSA) is 67.4 Å². The van der Waals surface area contributed by atoms with Gasteiger partial charge in [0.15, 0.2) is 0 Å². The van der Waals surface area contributed by atoms with Crippen molar-refractivity contribution in [3.8, 4) is 5.75 Å². The van der Waals surface area contributed by atoms with E-state index >= 15 is 0 Å². The van der Waals surface area contributed by atoms with Gasteiger partial charge >= 0.3 is 0 Å². The van der Waals surface area contributed by atoms with Crippen LogP contribution >= 0.6 is 11.6 Å². The van der Waals surface area contributed by atoms with Crippen molar-refractivity contribution in [3.63, 3.8) is 0 Å². The number of ether oxygens (including phenoxy) is 1. The highest BCUT2D eigenvalue weighted by Crippen LogP contribution is 2.21. The summed E-state index contributed by atoms with van der Waals surface area (Å²) in [4.78, 5) is 21.8. The Labute approximate surface area is 117 Å². The van der Waals surface area contributed by atoms with Gasteiger partial charge in [-0.2, -0.15) is 0 Å². The maximum Gasteiger partial charge on any atom is 0.238 e. The Morgan fingerprint density at radius 1 is 1.32 bits per heavy atom. The largest absolute Gasteiger partial charge is 0.493 e. The van der Waals surface area contributed by atoms with Gasteiger partial charge in [-0.05, 0) is 37.1 Å². The first-order valence-corrected chi connectivity index (χ1v) is 6.31. The molecule has 19 heavy (non-hydrogen) atoms. The lowest BCUT2D eigenvalue weighted by Crippen LogP contribution is -2.40. The zero-order valence-corrected chi connectivity index (χ0v) is 11.7. The van der Waals surface area contributed by atoms with Crippen LogP contribution < -0.4 is 15.6 Å². The van der Waals surface area contributed by atoms with Crippen LogP contribution in [0.25, 0.3) is 0 Å². The standard InChI is InChI=1S/C13H17ClN2O3/c1-9-8-11(14)5-6-12(9)19-7-3-4-13(18)16-15-10(2)17/h5-6,8H,3-4,7H2,1-2H3,(H,15,17)(H,16,18). The first kappa shape index (κ1) is 15.3. The highest BCUT2D eigenvalue weighted by atomic mass is 35.5. The zero-order chi connectivity index (χ0) is 14.3. The molecule has 0 bridgehead atoms. The molecule has 0 fully saturated rings. The van der Waals surface area contributed by atoms with E-state index < -0.39 is 0 Å². The fourth-order valence-corrected chi connectivity index (χ4v) is 1.64. The molecule has 1 aromatic carbocycles. The highest BCUT2D eigenvalue weighted by molar-refractivity contribution is 6.30. The van der Waals surface area contributed by atoms with Crippen LogP contribution in [0.2, 0.25) is 5.02 Å². The highest BCUT2D eigenvalue weighted by Gasteiger charge is 2.03. The summed E-state index contributed by atoms with van der Waals surface area (Å²) >= 11 is 5.84. The Morgan fingerprint density at radius 2 is 2.05 bits per heavy atom. The van der Waals surface area contributed by atoms with Crippen LogP contribution in [0.1, 0.15) is 25.3 Å². The summed E-state index contributed by atoms with van der Waals surface area (Å²) in [6, 6.07) is 5.38. The van der Waals surface area contributed by atoms with Crippen LogP contribution in [0.5, 0.6) is 5.75 Å². The predicted octanol–water partition coefficient (Wildman–Crippen LogP) is 1.97. The third-order valence-electron chi connectivity index (χ3n) is 2.32. The van der Waals surface area contributed by atoms with Gasteiger partial charge in [0.2, 0.25) is 11.8 Å². The zero-order valence-electron chi connectivity index (χ0n) is 11.0. The second-order valence-corrected chi connectivity index (χ2v) is 4.53. The van der Waals surface area contributed by atoms with Gasteiger partial charge < -0.3 is 4.74 Å². The summed E-state index contributed by atoms with van der Waals surface area (Å²) in [6.45, 7) is 3.66. The summed E-state index contributed by atoms with van der Waals surface area (Å²) in [7, 11) is 0. The van der Waals surface area contributed by atoms with Crippen molar-refractivity contribution in [1.29, 1.82) is 0 Å². The lowest BCUT2D eigenvalue weighted by Gasteiger charge is -2.09. The number of nitrogens with one attached hydrogen (secondary N) is 2. The van der Waals surface area contributed by atoms with E-state index in [4.69, 9.17) is 16.3 Å². The number of rotatable bonds is 5. The fraction of sp³-hybridized carbons (Fsp3) is 0.385. The first-order chi connectivity index (χ1) is 8.99. The van der Waals surface area contributed by atoms with Crippen molar-refractivity contribution in [2.24, 2.45) is 0 Å². The van der Waals surface area contributed by atoms with Gasteiger partial charge in [0, 0.05) is 18.4 Å².